The second-order valence-electron chi connectivity index (χ2n) is 5.55. The summed E-state index contributed by atoms with van der Waals surface area (Å²) in [6.07, 6.45) is 1.47. The molecular formula is C18H17N3O4S. The highest BCUT2D eigenvalue weighted by Crippen LogP contribution is 2.16. The minimum atomic E-state index is -3.74. The summed E-state index contributed by atoms with van der Waals surface area (Å²) in [4.78, 5) is 16.4. The van der Waals surface area contributed by atoms with Gasteiger partial charge in [0.05, 0.1) is 17.7 Å². The molecule has 2 N–H and O–H groups in total. The normalized spacial score (nSPS) is 11.3. The van der Waals surface area contributed by atoms with E-state index in [1.54, 1.807) is 49.4 Å². The predicted molar refractivity (Wildman–Crippen MR) is 96.1 cm³/mol. The van der Waals surface area contributed by atoms with Crippen LogP contribution in [0.1, 0.15) is 21.9 Å². The van der Waals surface area contributed by atoms with Gasteiger partial charge in [-0.1, -0.05) is 12.1 Å². The summed E-state index contributed by atoms with van der Waals surface area (Å²) < 4.78 is 32.4. The van der Waals surface area contributed by atoms with Crippen LogP contribution in [0.2, 0.25) is 0 Å². The van der Waals surface area contributed by atoms with Crippen LogP contribution in [0.15, 0.2) is 70.2 Å². The number of furan rings is 1. The van der Waals surface area contributed by atoms with Crippen LogP contribution in [0, 0.1) is 6.92 Å². The molecule has 0 fully saturated rings. The molecule has 0 aliphatic rings. The molecule has 0 saturated heterocycles. The molecule has 2 aromatic heterocycles. The van der Waals surface area contributed by atoms with Gasteiger partial charge >= 0.3 is 0 Å². The van der Waals surface area contributed by atoms with Crippen molar-refractivity contribution in [1.29, 1.82) is 0 Å². The molecule has 8 heteroatoms. The molecule has 134 valence electrons. The lowest BCUT2D eigenvalue weighted by atomic mass is 10.2. The first-order valence-corrected chi connectivity index (χ1v) is 9.29. The van der Waals surface area contributed by atoms with Crippen molar-refractivity contribution in [2.45, 2.75) is 18.4 Å². The lowest BCUT2D eigenvalue weighted by molar-refractivity contribution is 0.102. The molecule has 0 bridgehead atoms. The van der Waals surface area contributed by atoms with Gasteiger partial charge in [-0.15, -0.1) is 0 Å². The molecule has 0 unspecified atom stereocenters. The topological polar surface area (TPSA) is 101 Å². The van der Waals surface area contributed by atoms with Crippen molar-refractivity contribution in [3.63, 3.8) is 0 Å². The van der Waals surface area contributed by atoms with Crippen LogP contribution in [0.25, 0.3) is 0 Å². The maximum atomic E-state index is 12.4. The van der Waals surface area contributed by atoms with E-state index in [0.29, 0.717) is 11.4 Å². The van der Waals surface area contributed by atoms with Crippen LogP contribution in [-0.2, 0) is 16.6 Å². The van der Waals surface area contributed by atoms with Gasteiger partial charge in [-0.2, -0.15) is 0 Å². The van der Waals surface area contributed by atoms with Crippen LogP contribution < -0.4 is 10.0 Å². The Morgan fingerprint density at radius 1 is 1.12 bits per heavy atom. The Morgan fingerprint density at radius 3 is 2.65 bits per heavy atom. The smallest absolute Gasteiger partial charge is 0.274 e. The van der Waals surface area contributed by atoms with Gasteiger partial charge in [0.2, 0.25) is 10.0 Å². The number of pyridine rings is 1. The number of aryl methyl sites for hydroxylation is 1. The number of nitrogens with zero attached hydrogens (tertiary/aromatic N) is 1. The van der Waals surface area contributed by atoms with Crippen LogP contribution in [0.4, 0.5) is 5.69 Å². The quantitative estimate of drug-likeness (QED) is 0.694. The van der Waals surface area contributed by atoms with E-state index in [2.05, 4.69) is 15.0 Å². The highest BCUT2D eigenvalue weighted by atomic mass is 32.2. The van der Waals surface area contributed by atoms with E-state index in [9.17, 15) is 13.2 Å². The molecule has 0 saturated carbocycles. The van der Waals surface area contributed by atoms with Crippen molar-refractivity contribution >= 4 is 21.6 Å². The summed E-state index contributed by atoms with van der Waals surface area (Å²) in [5, 5.41) is 2.66. The molecule has 7 nitrogen and oxygen atoms in total. The molecule has 3 rings (SSSR count). The number of amides is 1. The Kier molecular flexibility index (Phi) is 5.15. The summed E-state index contributed by atoms with van der Waals surface area (Å²) in [5.41, 5.74) is 1.34. The van der Waals surface area contributed by atoms with Crippen molar-refractivity contribution < 1.29 is 17.6 Å². The number of carbonyl (C=O) groups excluding carboxylic acids is 1. The third kappa shape index (κ3) is 4.35. The first-order valence-electron chi connectivity index (χ1n) is 7.81. The van der Waals surface area contributed by atoms with E-state index in [4.69, 9.17) is 4.42 Å². The number of benzene rings is 1. The lowest BCUT2D eigenvalue weighted by Crippen LogP contribution is -2.23. The second-order valence-corrected chi connectivity index (χ2v) is 7.32. The van der Waals surface area contributed by atoms with Crippen LogP contribution in [0.3, 0.4) is 0 Å². The van der Waals surface area contributed by atoms with Crippen molar-refractivity contribution in [2.75, 3.05) is 5.32 Å². The monoisotopic (exact) mass is 371 g/mol. The zero-order valence-electron chi connectivity index (χ0n) is 14.0. The van der Waals surface area contributed by atoms with Crippen LogP contribution in [-0.4, -0.2) is 19.3 Å². The van der Waals surface area contributed by atoms with Crippen LogP contribution >= 0.6 is 0 Å². The van der Waals surface area contributed by atoms with Gasteiger partial charge in [-0.25, -0.2) is 18.1 Å². The molecule has 1 aromatic carbocycles. The summed E-state index contributed by atoms with van der Waals surface area (Å²) in [6, 6.07) is 14.5. The average Bonchev–Trinajstić information content (AvgIpc) is 3.14. The number of sulfonamides is 1. The van der Waals surface area contributed by atoms with Crippen LogP contribution in [0.5, 0.6) is 0 Å². The van der Waals surface area contributed by atoms with Gasteiger partial charge in [0.15, 0.2) is 0 Å². The van der Waals surface area contributed by atoms with Gasteiger partial charge < -0.3 is 9.73 Å². The average molecular weight is 371 g/mol. The zero-order valence-corrected chi connectivity index (χ0v) is 14.8. The molecule has 0 atom stereocenters. The Labute approximate surface area is 151 Å². The molecule has 0 aliphatic heterocycles. The van der Waals surface area contributed by atoms with Gasteiger partial charge in [-0.3, -0.25) is 4.79 Å². The highest BCUT2D eigenvalue weighted by Gasteiger charge is 2.16. The minimum Gasteiger partial charge on any atom is -0.468 e. The summed E-state index contributed by atoms with van der Waals surface area (Å²) in [5.74, 6) is 0.0929. The van der Waals surface area contributed by atoms with Gasteiger partial charge in [0.1, 0.15) is 11.5 Å². The first kappa shape index (κ1) is 17.8. The maximum Gasteiger partial charge on any atom is 0.274 e. The predicted octanol–water partition coefficient (Wildman–Crippen LogP) is 2.71. The zero-order chi connectivity index (χ0) is 18.6. The number of aromatic nitrogens is 1. The van der Waals surface area contributed by atoms with E-state index in [-0.39, 0.29) is 17.1 Å². The Morgan fingerprint density at radius 2 is 1.92 bits per heavy atom. The molecule has 0 spiro atoms. The number of nitrogens with one attached hydrogen (secondary N) is 2. The largest absolute Gasteiger partial charge is 0.468 e. The molecule has 3 aromatic rings. The van der Waals surface area contributed by atoms with E-state index in [1.165, 1.54) is 18.4 Å². The summed E-state index contributed by atoms with van der Waals surface area (Å²) >= 11 is 0. The Hall–Kier alpha value is -2.97. The summed E-state index contributed by atoms with van der Waals surface area (Å²) in [6.45, 7) is 1.83. The molecular weight excluding hydrogens is 354 g/mol. The minimum absolute atomic E-state index is 0.0408. The lowest BCUT2D eigenvalue weighted by Gasteiger charge is -2.09. The molecule has 0 aliphatic carbocycles. The number of hydrogen-bond donors (Lipinski definition) is 2. The highest BCUT2D eigenvalue weighted by molar-refractivity contribution is 7.89. The van der Waals surface area contributed by atoms with E-state index >= 15 is 0 Å². The third-order valence-electron chi connectivity index (χ3n) is 3.54. The molecule has 1 amide bonds. The molecule has 2 heterocycles. The summed E-state index contributed by atoms with van der Waals surface area (Å²) in [7, 11) is -3.74. The fraction of sp³-hybridized carbons (Fsp3) is 0.111. The maximum absolute atomic E-state index is 12.4. The van der Waals surface area contributed by atoms with E-state index < -0.39 is 15.9 Å². The number of rotatable bonds is 6. The van der Waals surface area contributed by atoms with E-state index in [1.807, 2.05) is 0 Å². The fourth-order valence-electron chi connectivity index (χ4n) is 2.27. The Bertz CT molecular complexity index is 1010. The standard InChI is InChI=1S/C18H17N3O4S/c1-13-5-2-9-17(20-13)18(22)21-14-6-3-8-16(11-14)26(23,24)19-12-15-7-4-10-25-15/h2-11,19H,12H2,1H3,(H,21,22). The van der Waals surface area contributed by atoms with E-state index in [0.717, 1.165) is 5.69 Å². The fourth-order valence-corrected chi connectivity index (χ4v) is 3.31. The molecule has 26 heavy (non-hydrogen) atoms. The third-order valence-corrected chi connectivity index (χ3v) is 4.94. The first-order chi connectivity index (χ1) is 12.4. The van der Waals surface area contributed by atoms with Crippen molar-refractivity contribution in [3.05, 3.63) is 78.0 Å². The van der Waals surface area contributed by atoms with Crippen molar-refractivity contribution in [2.24, 2.45) is 0 Å². The second kappa shape index (κ2) is 7.51. The van der Waals surface area contributed by atoms with Gasteiger partial charge in [-0.05, 0) is 49.4 Å². The van der Waals surface area contributed by atoms with Gasteiger partial charge in [0.25, 0.3) is 5.91 Å². The van der Waals surface area contributed by atoms with Gasteiger partial charge in [0, 0.05) is 11.4 Å². The number of anilines is 1. The molecule has 0 radical (unpaired) electrons. The number of carbonyl (C=O) groups is 1. The van der Waals surface area contributed by atoms with Crippen molar-refractivity contribution in [3.8, 4) is 0 Å². The SMILES string of the molecule is Cc1cccc(C(=O)Nc2cccc(S(=O)(=O)NCc3ccco3)c2)n1. The number of hydrogen-bond acceptors (Lipinski definition) is 5. The Balaban J connectivity index is 1.74. The van der Waals surface area contributed by atoms with Crippen molar-refractivity contribution in [1.82, 2.24) is 9.71 Å².